The van der Waals surface area contributed by atoms with E-state index in [0.29, 0.717) is 29.6 Å². The minimum atomic E-state index is -0.377. The predicted octanol–water partition coefficient (Wildman–Crippen LogP) is 6.30. The molecule has 1 saturated heterocycles. The number of amides is 3. The molecule has 0 radical (unpaired) electrons. The lowest BCUT2D eigenvalue weighted by molar-refractivity contribution is -0.123. The molecule has 214 valence electrons. The number of carbonyl (C=O) groups is 2. The first kappa shape index (κ1) is 28.3. The van der Waals surface area contributed by atoms with Crippen molar-refractivity contribution in [1.82, 2.24) is 9.80 Å². The molecule has 1 heterocycles. The quantitative estimate of drug-likeness (QED) is 0.157. The molecule has 42 heavy (non-hydrogen) atoms. The van der Waals surface area contributed by atoms with Gasteiger partial charge >= 0.3 is 6.03 Å². The second-order valence-corrected chi connectivity index (χ2v) is 9.69. The summed E-state index contributed by atoms with van der Waals surface area (Å²) in [6.07, 6.45) is 1.74. The average molecular weight is 565 g/mol. The Hall–Kier alpha value is -5.24. The molecule has 0 unspecified atom stereocenters. The van der Waals surface area contributed by atoms with Crippen LogP contribution in [0.1, 0.15) is 22.3 Å². The van der Waals surface area contributed by atoms with Gasteiger partial charge < -0.3 is 18.9 Å². The van der Waals surface area contributed by atoms with Crippen molar-refractivity contribution in [3.63, 3.8) is 0 Å². The van der Waals surface area contributed by atoms with Crippen LogP contribution in [-0.2, 0) is 24.5 Å². The number of nitrogens with zero attached hydrogens (tertiary/aromatic N) is 2. The normalized spacial score (nSPS) is 13.9. The number of ether oxygens (including phenoxy) is 4. The molecular weight excluding hydrogens is 532 g/mol. The summed E-state index contributed by atoms with van der Waals surface area (Å²) in [7, 11) is 4.83. The van der Waals surface area contributed by atoms with Gasteiger partial charge in [0, 0.05) is 0 Å². The minimum absolute atomic E-state index is 0.149. The van der Waals surface area contributed by atoms with Crippen molar-refractivity contribution >= 4 is 18.0 Å². The fraction of sp³-hybridized carbons (Fsp3) is 0.176. The highest BCUT2D eigenvalue weighted by atomic mass is 16.5. The van der Waals surface area contributed by atoms with Crippen LogP contribution in [0.4, 0.5) is 4.79 Å². The van der Waals surface area contributed by atoms with Gasteiger partial charge in [0.1, 0.15) is 35.3 Å². The molecule has 3 amide bonds. The zero-order valence-corrected chi connectivity index (χ0v) is 23.8. The van der Waals surface area contributed by atoms with Gasteiger partial charge in [-0.15, -0.1) is 0 Å². The summed E-state index contributed by atoms with van der Waals surface area (Å²) in [6, 6.07) is 29.5. The SMILES string of the molecule is COc1ccc(COc2ccc(/C=C3\C(=O)N(Cc4ccc(OC)cc4)C(=O)N3Cc3ccc(OC)cc3)cc2)cc1. The smallest absolute Gasteiger partial charge is 0.332 e. The van der Waals surface area contributed by atoms with Crippen molar-refractivity contribution in [2.24, 2.45) is 0 Å². The van der Waals surface area contributed by atoms with Gasteiger partial charge in [-0.05, 0) is 76.9 Å². The third-order valence-corrected chi connectivity index (χ3v) is 6.96. The van der Waals surface area contributed by atoms with Crippen molar-refractivity contribution in [2.45, 2.75) is 19.7 Å². The van der Waals surface area contributed by atoms with Crippen molar-refractivity contribution in [3.05, 3.63) is 125 Å². The van der Waals surface area contributed by atoms with Crippen LogP contribution in [0.3, 0.4) is 0 Å². The molecule has 4 aromatic rings. The van der Waals surface area contributed by atoms with Gasteiger partial charge in [0.05, 0.1) is 34.4 Å². The summed E-state index contributed by atoms with van der Waals surface area (Å²) in [6.45, 7) is 0.798. The fourth-order valence-corrected chi connectivity index (χ4v) is 4.55. The van der Waals surface area contributed by atoms with Gasteiger partial charge in [0.25, 0.3) is 5.91 Å². The van der Waals surface area contributed by atoms with Gasteiger partial charge in [-0.3, -0.25) is 14.6 Å². The van der Waals surface area contributed by atoms with Gasteiger partial charge in [0.15, 0.2) is 0 Å². The number of rotatable bonds is 11. The van der Waals surface area contributed by atoms with Gasteiger partial charge in [0.2, 0.25) is 0 Å². The van der Waals surface area contributed by atoms with Gasteiger partial charge in [-0.1, -0.05) is 48.5 Å². The molecule has 8 nitrogen and oxygen atoms in total. The highest BCUT2D eigenvalue weighted by Crippen LogP contribution is 2.29. The van der Waals surface area contributed by atoms with Crippen LogP contribution in [0.5, 0.6) is 23.0 Å². The number of methoxy groups -OCH3 is 3. The van der Waals surface area contributed by atoms with E-state index in [9.17, 15) is 9.59 Å². The molecule has 1 aliphatic heterocycles. The number of hydrogen-bond acceptors (Lipinski definition) is 6. The first-order valence-electron chi connectivity index (χ1n) is 13.4. The number of benzene rings is 4. The largest absolute Gasteiger partial charge is 0.497 e. The van der Waals surface area contributed by atoms with E-state index in [4.69, 9.17) is 18.9 Å². The van der Waals surface area contributed by atoms with Crippen LogP contribution >= 0.6 is 0 Å². The standard InChI is InChI=1S/C34H32N2O6/c1-39-28-12-6-25(7-13-28)21-35-32(33(37)36(34(35)38)22-26-8-14-29(40-2)15-9-26)20-24-4-18-31(19-5-24)42-23-27-10-16-30(41-3)17-11-27/h4-20H,21-23H2,1-3H3/b32-20+. The highest BCUT2D eigenvalue weighted by Gasteiger charge is 2.40. The lowest BCUT2D eigenvalue weighted by Crippen LogP contribution is -2.32. The van der Waals surface area contributed by atoms with E-state index in [1.165, 1.54) is 9.80 Å². The summed E-state index contributed by atoms with van der Waals surface area (Å²) in [4.78, 5) is 30.0. The lowest BCUT2D eigenvalue weighted by atomic mass is 10.1. The van der Waals surface area contributed by atoms with E-state index in [0.717, 1.165) is 28.0 Å². The molecule has 4 aromatic carbocycles. The average Bonchev–Trinajstić information content (AvgIpc) is 3.25. The lowest BCUT2D eigenvalue weighted by Gasteiger charge is -2.18. The summed E-state index contributed by atoms with van der Waals surface area (Å²) >= 11 is 0. The van der Waals surface area contributed by atoms with Crippen LogP contribution in [0.25, 0.3) is 6.08 Å². The fourth-order valence-electron chi connectivity index (χ4n) is 4.55. The Bertz CT molecular complexity index is 1550. The predicted molar refractivity (Wildman–Crippen MR) is 159 cm³/mol. The van der Waals surface area contributed by atoms with Crippen molar-refractivity contribution < 1.29 is 28.5 Å². The van der Waals surface area contributed by atoms with E-state index < -0.39 is 0 Å². The maximum Gasteiger partial charge on any atom is 0.332 e. The zero-order chi connectivity index (χ0) is 29.5. The summed E-state index contributed by atoms with van der Waals surface area (Å²) in [5.74, 6) is 2.55. The molecule has 0 aliphatic carbocycles. The molecule has 0 N–H and O–H groups in total. The number of imide groups is 1. The number of carbonyl (C=O) groups excluding carboxylic acids is 2. The van der Waals surface area contributed by atoms with Crippen LogP contribution in [0.15, 0.2) is 103 Å². The Morgan fingerprint density at radius 1 is 0.548 bits per heavy atom. The van der Waals surface area contributed by atoms with Crippen molar-refractivity contribution in [1.29, 1.82) is 0 Å². The van der Waals surface area contributed by atoms with Crippen LogP contribution < -0.4 is 18.9 Å². The Morgan fingerprint density at radius 3 is 1.45 bits per heavy atom. The maximum absolute atomic E-state index is 13.6. The van der Waals surface area contributed by atoms with Crippen molar-refractivity contribution in [2.75, 3.05) is 21.3 Å². The zero-order valence-electron chi connectivity index (χ0n) is 23.8. The topological polar surface area (TPSA) is 77.5 Å². The van der Waals surface area contributed by atoms with Crippen molar-refractivity contribution in [3.8, 4) is 23.0 Å². The Labute approximate surface area is 245 Å². The Balaban J connectivity index is 1.36. The number of hydrogen-bond donors (Lipinski definition) is 0. The molecule has 1 fully saturated rings. The van der Waals surface area contributed by atoms with E-state index in [2.05, 4.69) is 0 Å². The van der Waals surface area contributed by atoms with E-state index in [-0.39, 0.29) is 25.0 Å². The monoisotopic (exact) mass is 564 g/mol. The minimum Gasteiger partial charge on any atom is -0.497 e. The van der Waals surface area contributed by atoms with E-state index in [1.54, 1.807) is 27.4 Å². The summed E-state index contributed by atoms with van der Waals surface area (Å²) in [5, 5.41) is 0. The van der Waals surface area contributed by atoms with E-state index >= 15 is 0 Å². The third kappa shape index (κ3) is 6.55. The first-order valence-corrected chi connectivity index (χ1v) is 13.4. The van der Waals surface area contributed by atoms with Gasteiger partial charge in [-0.2, -0.15) is 0 Å². The second kappa shape index (κ2) is 13.0. The molecule has 5 rings (SSSR count). The third-order valence-electron chi connectivity index (χ3n) is 6.96. The molecule has 0 bridgehead atoms. The molecule has 0 aromatic heterocycles. The molecule has 1 aliphatic rings. The Morgan fingerprint density at radius 2 is 0.976 bits per heavy atom. The molecular formula is C34H32N2O6. The Kier molecular flexibility index (Phi) is 8.72. The highest BCUT2D eigenvalue weighted by molar-refractivity contribution is 6.13. The second-order valence-electron chi connectivity index (χ2n) is 9.69. The van der Waals surface area contributed by atoms with Crippen LogP contribution in [-0.4, -0.2) is 43.1 Å². The molecule has 8 heteroatoms. The molecule has 0 atom stereocenters. The summed E-state index contributed by atoms with van der Waals surface area (Å²) in [5.41, 5.74) is 3.78. The van der Waals surface area contributed by atoms with E-state index in [1.807, 2.05) is 97.1 Å². The number of urea groups is 1. The van der Waals surface area contributed by atoms with Crippen LogP contribution in [0.2, 0.25) is 0 Å². The van der Waals surface area contributed by atoms with Gasteiger partial charge in [-0.25, -0.2) is 4.79 Å². The molecule has 0 saturated carbocycles. The first-order chi connectivity index (χ1) is 20.5. The molecule has 0 spiro atoms. The maximum atomic E-state index is 13.6. The summed E-state index contributed by atoms with van der Waals surface area (Å²) < 4.78 is 21.6. The van der Waals surface area contributed by atoms with Crippen LogP contribution in [0, 0.1) is 0 Å².